The lowest BCUT2D eigenvalue weighted by molar-refractivity contribution is -0.128. The predicted octanol–water partition coefficient (Wildman–Crippen LogP) is 4.78. The molecule has 1 aromatic carbocycles. The molecule has 148 valence electrons. The molecule has 0 spiro atoms. The summed E-state index contributed by atoms with van der Waals surface area (Å²) in [5, 5.41) is 0. The number of ketones is 1. The average Bonchev–Trinajstić information content (AvgIpc) is 2.69. The number of hydrogen-bond acceptors (Lipinski definition) is 3. The quantitative estimate of drug-likeness (QED) is 0.655. The van der Waals surface area contributed by atoms with Crippen LogP contribution in [-0.4, -0.2) is 35.4 Å². The second-order valence-electron chi connectivity index (χ2n) is 7.90. The molecule has 2 aliphatic heterocycles. The summed E-state index contributed by atoms with van der Waals surface area (Å²) in [5.74, 6) is -1.56. The fourth-order valence-electron chi connectivity index (χ4n) is 4.75. The molecule has 4 nitrogen and oxygen atoms in total. The van der Waals surface area contributed by atoms with Crippen LogP contribution in [0.2, 0.25) is 0 Å². The van der Waals surface area contributed by atoms with Gasteiger partial charge in [0.15, 0.2) is 0 Å². The molecule has 0 bridgehead atoms. The van der Waals surface area contributed by atoms with Crippen molar-refractivity contribution in [1.82, 2.24) is 4.90 Å². The number of halogens is 2. The van der Waals surface area contributed by atoms with E-state index in [1.54, 1.807) is 12.1 Å². The molecule has 0 unspecified atom stereocenters. The number of carbonyl (C=O) groups is 2. The lowest BCUT2D eigenvalue weighted by atomic mass is 9.69. The second-order valence-corrected chi connectivity index (χ2v) is 8.81. The number of amides is 1. The third kappa shape index (κ3) is 3.47. The number of likely N-dealkylation sites (tertiary alicyclic amines) is 1. The molecule has 6 heteroatoms. The minimum absolute atomic E-state index is 0.0609. The number of allylic oxidation sites excluding steroid dienone is 1. The molecule has 1 aliphatic carbocycles. The van der Waals surface area contributed by atoms with Crippen LogP contribution in [0.25, 0.3) is 0 Å². The van der Waals surface area contributed by atoms with Crippen LogP contribution in [0.15, 0.2) is 38.9 Å². The number of Topliss-reactive ketones (excluding diaryl/α,β-unsaturated/α-hetero) is 1. The number of aliphatic imine (C=N–C) groups is 1. The SMILES string of the molecule is CC1=C(C(=O)N2CCCCC2)[C@H](c2cc(Br)ccc2F)[C@H]2C(=O)CCCC2=N1. The van der Waals surface area contributed by atoms with E-state index in [0.717, 1.165) is 42.3 Å². The Labute approximate surface area is 173 Å². The number of piperidine rings is 1. The van der Waals surface area contributed by atoms with Crippen molar-refractivity contribution >= 4 is 33.3 Å². The number of benzene rings is 1. The first-order valence-electron chi connectivity index (χ1n) is 10.0. The van der Waals surface area contributed by atoms with Crippen molar-refractivity contribution in [2.45, 2.75) is 51.4 Å². The highest BCUT2D eigenvalue weighted by molar-refractivity contribution is 9.10. The van der Waals surface area contributed by atoms with Crippen molar-refractivity contribution in [2.24, 2.45) is 10.9 Å². The van der Waals surface area contributed by atoms with Crippen molar-refractivity contribution in [1.29, 1.82) is 0 Å². The maximum absolute atomic E-state index is 14.9. The zero-order valence-electron chi connectivity index (χ0n) is 16.0. The highest BCUT2D eigenvalue weighted by Gasteiger charge is 2.45. The second kappa shape index (κ2) is 7.90. The molecular weight excluding hydrogens is 423 g/mol. The maximum atomic E-state index is 14.9. The Morgan fingerprint density at radius 3 is 2.64 bits per heavy atom. The fraction of sp³-hybridized carbons (Fsp3) is 0.500. The summed E-state index contributed by atoms with van der Waals surface area (Å²) in [6, 6.07) is 4.75. The van der Waals surface area contributed by atoms with Crippen molar-refractivity contribution in [3.05, 3.63) is 45.3 Å². The van der Waals surface area contributed by atoms with Crippen molar-refractivity contribution in [3.8, 4) is 0 Å². The van der Waals surface area contributed by atoms with Gasteiger partial charge in [0, 0.05) is 46.9 Å². The lowest BCUT2D eigenvalue weighted by Gasteiger charge is -2.38. The van der Waals surface area contributed by atoms with Gasteiger partial charge in [0.1, 0.15) is 11.6 Å². The maximum Gasteiger partial charge on any atom is 0.252 e. The number of fused-ring (bicyclic) bond motifs is 1. The van der Waals surface area contributed by atoms with Crippen LogP contribution < -0.4 is 0 Å². The van der Waals surface area contributed by atoms with Gasteiger partial charge in [0.05, 0.1) is 5.92 Å². The first kappa shape index (κ1) is 19.5. The van der Waals surface area contributed by atoms with Gasteiger partial charge in [-0.3, -0.25) is 14.6 Å². The Morgan fingerprint density at radius 2 is 1.89 bits per heavy atom. The largest absolute Gasteiger partial charge is 0.339 e. The van der Waals surface area contributed by atoms with Gasteiger partial charge in [-0.2, -0.15) is 0 Å². The summed E-state index contributed by atoms with van der Waals surface area (Å²) < 4.78 is 15.7. The van der Waals surface area contributed by atoms with E-state index in [-0.39, 0.29) is 17.5 Å². The molecule has 1 saturated heterocycles. The first-order chi connectivity index (χ1) is 13.5. The van der Waals surface area contributed by atoms with Gasteiger partial charge in [0.25, 0.3) is 5.91 Å². The molecule has 1 aromatic rings. The van der Waals surface area contributed by atoms with E-state index in [1.807, 2.05) is 11.8 Å². The summed E-state index contributed by atoms with van der Waals surface area (Å²) >= 11 is 3.42. The highest BCUT2D eigenvalue weighted by atomic mass is 79.9. The molecule has 3 aliphatic rings. The lowest BCUT2D eigenvalue weighted by Crippen LogP contribution is -2.44. The Balaban J connectivity index is 1.86. The average molecular weight is 447 g/mol. The molecule has 0 N–H and O–H groups in total. The van der Waals surface area contributed by atoms with Crippen LogP contribution in [0.5, 0.6) is 0 Å². The van der Waals surface area contributed by atoms with Gasteiger partial charge in [-0.15, -0.1) is 0 Å². The molecular formula is C22H24BrFN2O2. The zero-order valence-corrected chi connectivity index (χ0v) is 17.6. The normalized spacial score (nSPS) is 25.5. The molecule has 28 heavy (non-hydrogen) atoms. The molecule has 0 aromatic heterocycles. The Hall–Kier alpha value is -1.82. The molecule has 2 fully saturated rings. The van der Waals surface area contributed by atoms with E-state index in [1.165, 1.54) is 6.07 Å². The molecule has 1 saturated carbocycles. The zero-order chi connectivity index (χ0) is 19.8. The van der Waals surface area contributed by atoms with E-state index in [4.69, 9.17) is 0 Å². The predicted molar refractivity (Wildman–Crippen MR) is 110 cm³/mol. The van der Waals surface area contributed by atoms with E-state index < -0.39 is 11.8 Å². The monoisotopic (exact) mass is 446 g/mol. The van der Waals surface area contributed by atoms with Crippen LogP contribution in [-0.2, 0) is 9.59 Å². The smallest absolute Gasteiger partial charge is 0.252 e. The van der Waals surface area contributed by atoms with Crippen molar-refractivity contribution < 1.29 is 14.0 Å². The third-order valence-electron chi connectivity index (χ3n) is 6.07. The van der Waals surface area contributed by atoms with Gasteiger partial charge in [-0.1, -0.05) is 15.9 Å². The van der Waals surface area contributed by atoms with Crippen molar-refractivity contribution in [2.75, 3.05) is 13.1 Å². The summed E-state index contributed by atoms with van der Waals surface area (Å²) in [7, 11) is 0. The molecule has 2 atom stereocenters. The van der Waals surface area contributed by atoms with Crippen LogP contribution >= 0.6 is 15.9 Å². The van der Waals surface area contributed by atoms with Gasteiger partial charge in [-0.25, -0.2) is 4.39 Å². The highest BCUT2D eigenvalue weighted by Crippen LogP contribution is 2.44. The Morgan fingerprint density at radius 1 is 1.14 bits per heavy atom. The number of rotatable bonds is 2. The van der Waals surface area contributed by atoms with Gasteiger partial charge < -0.3 is 4.90 Å². The Kier molecular flexibility index (Phi) is 5.50. The standard InChI is InChI=1S/C22H24BrFN2O2/c1-13-19(22(28)26-10-3-2-4-11-26)20(15-12-14(23)8-9-16(15)24)21-17(25-13)6-5-7-18(21)27/h8-9,12,20-21H,2-7,10-11H2,1H3/t20-,21+/m0/s1. The topological polar surface area (TPSA) is 49.7 Å². The minimum atomic E-state index is -0.604. The van der Waals surface area contributed by atoms with E-state index in [0.29, 0.717) is 36.3 Å². The number of nitrogens with zero attached hydrogens (tertiary/aromatic N) is 2. The van der Waals surface area contributed by atoms with Crippen molar-refractivity contribution in [3.63, 3.8) is 0 Å². The van der Waals surface area contributed by atoms with E-state index in [9.17, 15) is 14.0 Å². The van der Waals surface area contributed by atoms with Crippen LogP contribution in [0, 0.1) is 11.7 Å². The van der Waals surface area contributed by atoms with Gasteiger partial charge >= 0.3 is 0 Å². The Bertz CT molecular complexity index is 887. The third-order valence-corrected chi connectivity index (χ3v) is 6.57. The van der Waals surface area contributed by atoms with Gasteiger partial charge in [0.2, 0.25) is 0 Å². The van der Waals surface area contributed by atoms with Gasteiger partial charge in [-0.05, 0) is 62.8 Å². The summed E-state index contributed by atoms with van der Waals surface area (Å²) in [6.07, 6.45) is 5.03. The number of carbonyl (C=O) groups excluding carboxylic acids is 2. The molecule has 4 rings (SSSR count). The van der Waals surface area contributed by atoms with E-state index >= 15 is 0 Å². The van der Waals surface area contributed by atoms with Crippen LogP contribution in [0.1, 0.15) is 56.9 Å². The summed E-state index contributed by atoms with van der Waals surface area (Å²) in [6.45, 7) is 3.24. The summed E-state index contributed by atoms with van der Waals surface area (Å²) in [5.41, 5.74) is 2.32. The summed E-state index contributed by atoms with van der Waals surface area (Å²) in [4.78, 5) is 32.9. The van der Waals surface area contributed by atoms with E-state index in [2.05, 4.69) is 20.9 Å². The molecule has 2 heterocycles. The first-order valence-corrected chi connectivity index (χ1v) is 10.8. The number of hydrogen-bond donors (Lipinski definition) is 0. The fourth-order valence-corrected chi connectivity index (χ4v) is 5.13. The molecule has 0 radical (unpaired) electrons. The van der Waals surface area contributed by atoms with Crippen LogP contribution in [0.3, 0.4) is 0 Å². The minimum Gasteiger partial charge on any atom is -0.339 e. The molecule has 1 amide bonds. The van der Waals surface area contributed by atoms with Crippen LogP contribution in [0.4, 0.5) is 4.39 Å².